The normalized spacial score (nSPS) is 14.5. The van der Waals surface area contributed by atoms with Gasteiger partial charge in [-0.05, 0) is 54.6 Å². The van der Waals surface area contributed by atoms with Crippen molar-refractivity contribution in [1.82, 2.24) is 0 Å². The number of hydrogen-bond donors (Lipinski definition) is 1. The molecule has 2 rings (SSSR count). The molecule has 0 spiro atoms. The van der Waals surface area contributed by atoms with Gasteiger partial charge in [-0.15, -0.1) is 0 Å². The molecule has 0 saturated heterocycles. The molecule has 0 saturated carbocycles. The molecule has 2 aromatic carbocycles. The predicted octanol–water partition coefficient (Wildman–Crippen LogP) is 20.9. The summed E-state index contributed by atoms with van der Waals surface area (Å²) in [5, 5.41) is 2.47. The summed E-state index contributed by atoms with van der Waals surface area (Å²) in [4.78, 5) is 0. The van der Waals surface area contributed by atoms with Gasteiger partial charge in [0.2, 0.25) is 5.82 Å². The minimum atomic E-state index is -2.44. The number of halogens is 8. The van der Waals surface area contributed by atoms with Crippen LogP contribution >= 0.6 is 0 Å². The minimum Gasteiger partial charge on any atom is -0.346 e. The summed E-state index contributed by atoms with van der Waals surface area (Å²) in [6, 6.07) is 0.665. The van der Waals surface area contributed by atoms with Crippen LogP contribution in [0, 0.1) is 76.1 Å². The SMILES string of the molecule is CCCCC(CC)CC[B-](CCC(CC)CCCC)(CCC(CC)CCCC)CCC(CC)CCCC.CCCCC(CC)CC[NH2+]CCC.Fc1ccc(-c2c(F)c(F)c(F)c(F)c2F)c(F)c1F. The first kappa shape index (κ1) is 67.9. The molecular weight excluding hydrogens is 897 g/mol. The van der Waals surface area contributed by atoms with Crippen molar-refractivity contribution in [2.24, 2.45) is 29.6 Å². The number of nitrogens with two attached hydrogens (primary N) is 1. The highest BCUT2D eigenvalue weighted by atomic mass is 19.2. The maximum absolute atomic E-state index is 13.4. The molecular formula is C60H106BF8N. The Kier molecular flexibility index (Phi) is 40.0. The first-order chi connectivity index (χ1) is 33.6. The molecule has 0 fully saturated rings. The molecule has 5 atom stereocenters. The number of quaternary nitrogens is 1. The molecule has 70 heavy (non-hydrogen) atoms. The van der Waals surface area contributed by atoms with Crippen molar-refractivity contribution < 1.29 is 40.4 Å². The summed E-state index contributed by atoms with van der Waals surface area (Å²) < 4.78 is 105. The van der Waals surface area contributed by atoms with E-state index in [0.717, 1.165) is 29.6 Å². The maximum Gasteiger partial charge on any atom is 0.200 e. The van der Waals surface area contributed by atoms with E-state index in [1.54, 1.807) is 25.3 Å². The van der Waals surface area contributed by atoms with Crippen LogP contribution in [0.2, 0.25) is 25.3 Å². The molecule has 0 aliphatic rings. The first-order valence-corrected chi connectivity index (χ1v) is 29.3. The van der Waals surface area contributed by atoms with Crippen LogP contribution in [0.25, 0.3) is 11.1 Å². The van der Waals surface area contributed by atoms with Gasteiger partial charge in [0.05, 0.1) is 18.7 Å². The lowest BCUT2D eigenvalue weighted by Crippen LogP contribution is -2.84. The van der Waals surface area contributed by atoms with E-state index in [9.17, 15) is 35.1 Å². The summed E-state index contributed by atoms with van der Waals surface area (Å²) in [6.45, 7) is 28.9. The minimum absolute atomic E-state index is 0.236. The van der Waals surface area contributed by atoms with Crippen molar-refractivity contribution in [3.8, 4) is 11.1 Å². The van der Waals surface area contributed by atoms with Crippen LogP contribution < -0.4 is 5.32 Å². The third-order valence-corrected chi connectivity index (χ3v) is 16.3. The Morgan fingerprint density at radius 3 is 0.957 bits per heavy atom. The zero-order valence-electron chi connectivity index (χ0n) is 46.8. The van der Waals surface area contributed by atoms with Gasteiger partial charge in [0, 0.05) is 11.7 Å². The lowest BCUT2D eigenvalue weighted by Gasteiger charge is -2.44. The van der Waals surface area contributed by atoms with E-state index in [2.05, 4.69) is 81.5 Å². The summed E-state index contributed by atoms with van der Waals surface area (Å²) in [7, 11) is 0. The van der Waals surface area contributed by atoms with Crippen molar-refractivity contribution >= 4 is 6.15 Å². The Balaban J connectivity index is 0.00000119. The molecule has 0 aromatic heterocycles. The van der Waals surface area contributed by atoms with E-state index in [0.29, 0.717) is 12.1 Å². The van der Waals surface area contributed by atoms with Crippen molar-refractivity contribution in [2.45, 2.75) is 268 Å². The fourth-order valence-electron chi connectivity index (χ4n) is 10.7. The molecule has 2 N–H and O–H groups in total. The van der Waals surface area contributed by atoms with Gasteiger partial charge >= 0.3 is 0 Å². The van der Waals surface area contributed by atoms with Gasteiger partial charge in [-0.2, -0.15) is 25.3 Å². The second kappa shape index (κ2) is 41.3. The number of benzene rings is 2. The van der Waals surface area contributed by atoms with Crippen LogP contribution in [0.3, 0.4) is 0 Å². The largest absolute Gasteiger partial charge is 0.346 e. The van der Waals surface area contributed by atoms with Crippen LogP contribution in [0.1, 0.15) is 243 Å². The lowest BCUT2D eigenvalue weighted by molar-refractivity contribution is -0.655. The van der Waals surface area contributed by atoms with Crippen molar-refractivity contribution in [3.05, 3.63) is 58.7 Å². The van der Waals surface area contributed by atoms with Gasteiger partial charge in [-0.3, -0.25) is 0 Å². The van der Waals surface area contributed by atoms with E-state index < -0.39 is 57.7 Å². The van der Waals surface area contributed by atoms with E-state index in [1.807, 2.05) is 0 Å². The topological polar surface area (TPSA) is 16.6 Å². The van der Waals surface area contributed by atoms with Crippen LogP contribution in [-0.4, -0.2) is 19.2 Å². The third-order valence-electron chi connectivity index (χ3n) is 16.3. The average molecular weight is 1000 g/mol. The molecule has 1 nitrogen and oxygen atoms in total. The van der Waals surface area contributed by atoms with Crippen molar-refractivity contribution in [2.75, 3.05) is 13.1 Å². The Morgan fingerprint density at radius 1 is 0.343 bits per heavy atom. The number of rotatable bonds is 38. The highest BCUT2D eigenvalue weighted by Crippen LogP contribution is 2.40. The van der Waals surface area contributed by atoms with Gasteiger partial charge in [-0.1, -0.05) is 230 Å². The Hall–Kier alpha value is -2.10. The third kappa shape index (κ3) is 26.2. The van der Waals surface area contributed by atoms with Gasteiger partial charge in [0.25, 0.3) is 0 Å². The molecule has 5 unspecified atom stereocenters. The van der Waals surface area contributed by atoms with Gasteiger partial charge < -0.3 is 5.32 Å². The Labute approximate surface area is 426 Å². The Bertz CT molecular complexity index is 1470. The van der Waals surface area contributed by atoms with Crippen molar-refractivity contribution in [1.29, 1.82) is 0 Å². The maximum atomic E-state index is 13.4. The molecule has 0 radical (unpaired) electrons. The zero-order chi connectivity index (χ0) is 52.9. The monoisotopic (exact) mass is 1000 g/mol. The molecule has 0 amide bonds. The summed E-state index contributed by atoms with van der Waals surface area (Å²) in [5.74, 6) is -12.7. The van der Waals surface area contributed by atoms with E-state index in [1.165, 1.54) is 180 Å². The van der Waals surface area contributed by atoms with Gasteiger partial charge in [0.1, 0.15) is 0 Å². The van der Waals surface area contributed by atoms with Crippen LogP contribution in [0.4, 0.5) is 35.1 Å². The molecule has 0 aliphatic heterocycles. The van der Waals surface area contributed by atoms with Crippen LogP contribution in [-0.2, 0) is 0 Å². The van der Waals surface area contributed by atoms with Crippen LogP contribution in [0.15, 0.2) is 12.1 Å². The highest BCUT2D eigenvalue weighted by molar-refractivity contribution is 6.79. The van der Waals surface area contributed by atoms with E-state index in [4.69, 9.17) is 0 Å². The molecule has 0 aliphatic carbocycles. The second-order valence-electron chi connectivity index (χ2n) is 21.4. The molecule has 0 heterocycles. The van der Waals surface area contributed by atoms with Crippen molar-refractivity contribution in [3.63, 3.8) is 0 Å². The molecule has 0 bridgehead atoms. The molecule has 10 heteroatoms. The van der Waals surface area contributed by atoms with E-state index in [-0.39, 0.29) is 6.15 Å². The highest BCUT2D eigenvalue weighted by Gasteiger charge is 2.30. The zero-order valence-corrected chi connectivity index (χ0v) is 46.8. The smallest absolute Gasteiger partial charge is 0.200 e. The molecule has 410 valence electrons. The summed E-state index contributed by atoms with van der Waals surface area (Å²) in [5.41, 5.74) is -2.95. The first-order valence-electron chi connectivity index (χ1n) is 29.3. The van der Waals surface area contributed by atoms with Gasteiger partial charge in [0.15, 0.2) is 40.7 Å². The predicted molar refractivity (Wildman–Crippen MR) is 288 cm³/mol. The lowest BCUT2D eigenvalue weighted by atomic mass is 9.16. The Morgan fingerprint density at radius 2 is 0.657 bits per heavy atom. The number of unbranched alkanes of at least 4 members (excludes halogenated alkanes) is 5. The summed E-state index contributed by atoms with van der Waals surface area (Å²) in [6.07, 6.45) is 43.3. The van der Waals surface area contributed by atoms with Crippen LogP contribution in [0.5, 0.6) is 0 Å². The fourth-order valence-corrected chi connectivity index (χ4v) is 10.7. The summed E-state index contributed by atoms with van der Waals surface area (Å²) >= 11 is 0. The number of hydrogen-bond acceptors (Lipinski definition) is 0. The molecule has 2 aromatic rings. The average Bonchev–Trinajstić information content (AvgIpc) is 3.37. The van der Waals surface area contributed by atoms with Gasteiger partial charge in [-0.25, -0.2) is 35.1 Å². The van der Waals surface area contributed by atoms with E-state index >= 15 is 0 Å². The standard InChI is InChI=1S/C36H76B.C12H2F8.C12H27N/c1-9-17-21-33(13-5)25-29-37(30-26-34(14-6)22-18-10-2,31-27-35(15-7)23-19-11-3)32-28-36(16-8)24-20-12-4;13-4-2-1-3(6(14)7(4)15)5-8(16)10(18)12(20)11(19)9(5)17;1-4-7-8-12(6-3)9-11-13-10-5-2/h33-36H,9-32H2,1-8H3;1-2H;12-13H,4-11H2,1-3H3/q-1;;/p+1. The fraction of sp³-hybridized carbons (Fsp3) is 0.800. The quantitative estimate of drug-likeness (QED) is 0.0227. The second-order valence-corrected chi connectivity index (χ2v) is 21.4.